The Hall–Kier alpha value is -2.31. The third-order valence-corrected chi connectivity index (χ3v) is 3.49. The molecule has 2 N–H and O–H groups in total. The van der Waals surface area contributed by atoms with Gasteiger partial charge in [0.25, 0.3) is 0 Å². The highest BCUT2D eigenvalue weighted by atomic mass is 16.2. The van der Waals surface area contributed by atoms with Gasteiger partial charge in [0.1, 0.15) is 12.4 Å². The summed E-state index contributed by atoms with van der Waals surface area (Å²) in [7, 11) is 1.94. The minimum absolute atomic E-state index is 0.0543. The molecule has 1 aliphatic carbocycles. The average Bonchev–Trinajstić information content (AvgIpc) is 3.05. The maximum absolute atomic E-state index is 12.4. The first-order chi connectivity index (χ1) is 9.63. The zero-order valence-corrected chi connectivity index (χ0v) is 11.4. The predicted molar refractivity (Wildman–Crippen MR) is 73.4 cm³/mol. The molecule has 0 unspecified atom stereocenters. The number of carbonyl (C=O) groups is 1. The van der Waals surface area contributed by atoms with Gasteiger partial charge in [-0.3, -0.25) is 9.48 Å². The number of hydrogen-bond donors (Lipinski definition) is 1. The van der Waals surface area contributed by atoms with E-state index in [1.807, 2.05) is 22.7 Å². The van der Waals surface area contributed by atoms with E-state index in [0.717, 1.165) is 18.7 Å². The van der Waals surface area contributed by atoms with Gasteiger partial charge in [-0.05, 0) is 12.8 Å². The molecule has 2 aromatic rings. The molecule has 7 heteroatoms. The van der Waals surface area contributed by atoms with E-state index in [1.165, 1.54) is 0 Å². The molecular weight excluding hydrogens is 256 g/mol. The van der Waals surface area contributed by atoms with Crippen LogP contribution < -0.4 is 5.73 Å². The summed E-state index contributed by atoms with van der Waals surface area (Å²) < 4.78 is 3.51. The number of aromatic nitrogens is 4. The van der Waals surface area contributed by atoms with Gasteiger partial charge in [0.15, 0.2) is 0 Å². The zero-order chi connectivity index (χ0) is 14.1. The monoisotopic (exact) mass is 274 g/mol. The number of hydrogen-bond acceptors (Lipinski definition) is 4. The van der Waals surface area contributed by atoms with Crippen molar-refractivity contribution in [1.29, 1.82) is 0 Å². The van der Waals surface area contributed by atoms with Crippen molar-refractivity contribution in [3.63, 3.8) is 0 Å². The number of nitrogens with zero attached hydrogens (tertiary/aromatic N) is 5. The molecule has 3 rings (SSSR count). The second-order valence-electron chi connectivity index (χ2n) is 5.18. The molecule has 7 nitrogen and oxygen atoms in total. The SMILES string of the molecule is Cn1ccnc1CN(C(=O)Cn1cc(N)cn1)C1CC1. The first-order valence-corrected chi connectivity index (χ1v) is 6.67. The van der Waals surface area contributed by atoms with Crippen LogP contribution in [0, 0.1) is 0 Å². The molecule has 1 amide bonds. The van der Waals surface area contributed by atoms with E-state index in [4.69, 9.17) is 5.73 Å². The summed E-state index contributed by atoms with van der Waals surface area (Å²) >= 11 is 0. The van der Waals surface area contributed by atoms with E-state index in [2.05, 4.69) is 10.1 Å². The highest BCUT2D eigenvalue weighted by Gasteiger charge is 2.33. The van der Waals surface area contributed by atoms with Crippen LogP contribution in [0.3, 0.4) is 0 Å². The highest BCUT2D eigenvalue weighted by molar-refractivity contribution is 5.76. The molecule has 106 valence electrons. The average molecular weight is 274 g/mol. The van der Waals surface area contributed by atoms with E-state index < -0.39 is 0 Å². The maximum atomic E-state index is 12.4. The summed E-state index contributed by atoms with van der Waals surface area (Å²) in [5, 5.41) is 4.06. The molecule has 0 aliphatic heterocycles. The Balaban J connectivity index is 1.70. The molecule has 0 atom stereocenters. The van der Waals surface area contributed by atoms with Crippen molar-refractivity contribution in [2.75, 3.05) is 5.73 Å². The number of imidazole rings is 1. The van der Waals surface area contributed by atoms with Gasteiger partial charge in [0, 0.05) is 31.7 Å². The fraction of sp³-hybridized carbons (Fsp3) is 0.462. The third-order valence-electron chi connectivity index (χ3n) is 3.49. The topological polar surface area (TPSA) is 82.0 Å². The van der Waals surface area contributed by atoms with Crippen LogP contribution in [0.25, 0.3) is 0 Å². The molecule has 0 radical (unpaired) electrons. The third kappa shape index (κ3) is 2.66. The van der Waals surface area contributed by atoms with Crippen LogP contribution in [0.15, 0.2) is 24.8 Å². The molecule has 0 aromatic carbocycles. The lowest BCUT2D eigenvalue weighted by Gasteiger charge is -2.22. The second-order valence-corrected chi connectivity index (χ2v) is 5.18. The molecule has 0 bridgehead atoms. The van der Waals surface area contributed by atoms with Crippen LogP contribution in [0.2, 0.25) is 0 Å². The van der Waals surface area contributed by atoms with E-state index in [9.17, 15) is 4.79 Å². The fourth-order valence-electron chi connectivity index (χ4n) is 2.20. The number of nitrogen functional groups attached to an aromatic ring is 1. The molecule has 2 heterocycles. The molecule has 1 aliphatic rings. The standard InChI is InChI=1S/C13H18N6O/c1-17-5-4-15-12(17)8-19(11-2-3-11)13(20)9-18-7-10(14)6-16-18/h4-7,11H,2-3,8-9,14H2,1H3. The largest absolute Gasteiger partial charge is 0.396 e. The minimum Gasteiger partial charge on any atom is -0.396 e. The van der Waals surface area contributed by atoms with Gasteiger partial charge in [-0.1, -0.05) is 0 Å². The number of aryl methyl sites for hydroxylation is 1. The van der Waals surface area contributed by atoms with Gasteiger partial charge >= 0.3 is 0 Å². The quantitative estimate of drug-likeness (QED) is 0.855. The first-order valence-electron chi connectivity index (χ1n) is 6.67. The van der Waals surface area contributed by atoms with Gasteiger partial charge in [-0.15, -0.1) is 0 Å². The number of anilines is 1. The summed E-state index contributed by atoms with van der Waals surface area (Å²) in [5.74, 6) is 0.948. The van der Waals surface area contributed by atoms with Crippen molar-refractivity contribution < 1.29 is 4.79 Å². The van der Waals surface area contributed by atoms with Crippen LogP contribution in [0.4, 0.5) is 5.69 Å². The van der Waals surface area contributed by atoms with E-state index in [1.54, 1.807) is 23.3 Å². The zero-order valence-electron chi connectivity index (χ0n) is 11.4. The summed E-state index contributed by atoms with van der Waals surface area (Å²) in [5.41, 5.74) is 6.18. The smallest absolute Gasteiger partial charge is 0.244 e. The Bertz CT molecular complexity index is 612. The van der Waals surface area contributed by atoms with Crippen molar-refractivity contribution in [2.45, 2.75) is 32.0 Å². The van der Waals surface area contributed by atoms with Crippen molar-refractivity contribution >= 4 is 11.6 Å². The van der Waals surface area contributed by atoms with Crippen LogP contribution in [0.5, 0.6) is 0 Å². The Kier molecular flexibility index (Phi) is 3.17. The van der Waals surface area contributed by atoms with E-state index in [0.29, 0.717) is 18.3 Å². The molecule has 1 saturated carbocycles. The molecule has 0 saturated heterocycles. The number of rotatable bonds is 5. The molecule has 2 aromatic heterocycles. The number of carbonyl (C=O) groups excluding carboxylic acids is 1. The predicted octanol–water partition coefficient (Wildman–Crippen LogP) is 0.390. The van der Waals surface area contributed by atoms with E-state index >= 15 is 0 Å². The van der Waals surface area contributed by atoms with Gasteiger partial charge in [-0.2, -0.15) is 5.10 Å². The summed E-state index contributed by atoms with van der Waals surface area (Å²) in [6.07, 6.45) is 8.99. The van der Waals surface area contributed by atoms with Crippen LogP contribution >= 0.6 is 0 Å². The fourth-order valence-corrected chi connectivity index (χ4v) is 2.20. The summed E-state index contributed by atoms with van der Waals surface area (Å²) in [4.78, 5) is 18.6. The first kappa shape index (κ1) is 12.7. The summed E-state index contributed by atoms with van der Waals surface area (Å²) in [6, 6.07) is 0.340. The Morgan fingerprint density at radius 1 is 1.55 bits per heavy atom. The number of amides is 1. The van der Waals surface area contributed by atoms with Crippen LogP contribution in [-0.4, -0.2) is 36.2 Å². The van der Waals surface area contributed by atoms with Crippen LogP contribution in [0.1, 0.15) is 18.7 Å². The van der Waals surface area contributed by atoms with E-state index in [-0.39, 0.29) is 12.5 Å². The Morgan fingerprint density at radius 3 is 2.90 bits per heavy atom. The summed E-state index contributed by atoms with van der Waals surface area (Å²) in [6.45, 7) is 0.766. The number of nitrogens with two attached hydrogens (primary N) is 1. The lowest BCUT2D eigenvalue weighted by molar-refractivity contribution is -0.133. The van der Waals surface area contributed by atoms with Gasteiger partial charge in [0.2, 0.25) is 5.91 Å². The van der Waals surface area contributed by atoms with Gasteiger partial charge in [-0.25, -0.2) is 4.98 Å². The minimum atomic E-state index is 0.0543. The van der Waals surface area contributed by atoms with Crippen molar-refractivity contribution in [3.05, 3.63) is 30.6 Å². The molecule has 1 fully saturated rings. The molecular formula is C13H18N6O. The normalized spacial score (nSPS) is 14.4. The second kappa shape index (κ2) is 4.99. The lowest BCUT2D eigenvalue weighted by atomic mass is 10.4. The van der Waals surface area contributed by atoms with Crippen molar-refractivity contribution in [2.24, 2.45) is 7.05 Å². The van der Waals surface area contributed by atoms with Gasteiger partial charge in [0.05, 0.1) is 18.4 Å². The lowest BCUT2D eigenvalue weighted by Crippen LogP contribution is -2.36. The van der Waals surface area contributed by atoms with Crippen LogP contribution in [-0.2, 0) is 24.9 Å². The Labute approximate surface area is 117 Å². The highest BCUT2D eigenvalue weighted by Crippen LogP contribution is 2.28. The van der Waals surface area contributed by atoms with Gasteiger partial charge < -0.3 is 15.2 Å². The molecule has 0 spiro atoms. The molecule has 20 heavy (non-hydrogen) atoms. The van der Waals surface area contributed by atoms with Crippen molar-refractivity contribution in [1.82, 2.24) is 24.2 Å². The van der Waals surface area contributed by atoms with Crippen molar-refractivity contribution in [3.8, 4) is 0 Å². The maximum Gasteiger partial charge on any atom is 0.244 e. The Morgan fingerprint density at radius 2 is 2.35 bits per heavy atom.